The number of hydrogen-bond acceptors (Lipinski definition) is 1. The molecule has 35 heavy (non-hydrogen) atoms. The zero-order valence-electron chi connectivity index (χ0n) is 25.2. The molecule has 0 saturated heterocycles. The van der Waals surface area contributed by atoms with Gasteiger partial charge in [0.1, 0.15) is 0 Å². The van der Waals surface area contributed by atoms with Crippen LogP contribution in [0.1, 0.15) is 182 Å². The lowest BCUT2D eigenvalue weighted by Gasteiger charge is -2.40. The fraction of sp³-hybridized carbons (Fsp3) is 0.970. The summed E-state index contributed by atoms with van der Waals surface area (Å²) in [5.41, 5.74) is 0. The van der Waals surface area contributed by atoms with E-state index in [-0.39, 0.29) is 0 Å². The van der Waals surface area contributed by atoms with E-state index in [1.807, 2.05) is 0 Å². The highest BCUT2D eigenvalue weighted by atomic mass is 15.3. The van der Waals surface area contributed by atoms with Crippen molar-refractivity contribution in [2.75, 3.05) is 26.2 Å². The topological polar surface area (TPSA) is 23.8 Å². The molecule has 0 N–H and O–H groups in total. The summed E-state index contributed by atoms with van der Waals surface area (Å²) in [6.07, 6.45) is 34.8. The third-order valence-electron chi connectivity index (χ3n) is 7.94. The fourth-order valence-corrected chi connectivity index (χ4v) is 5.58. The van der Waals surface area contributed by atoms with Crippen LogP contribution in [0.25, 0.3) is 0 Å². The summed E-state index contributed by atoms with van der Waals surface area (Å²) in [5, 5.41) is 6.25. The molecule has 2 heteroatoms. The predicted molar refractivity (Wildman–Crippen MR) is 158 cm³/mol. The summed E-state index contributed by atoms with van der Waals surface area (Å²) < 4.78 is 1.48. The highest BCUT2D eigenvalue weighted by Gasteiger charge is 2.25. The zero-order chi connectivity index (χ0) is 26.3. The number of rotatable bonds is 28. The van der Waals surface area contributed by atoms with Crippen LogP contribution in [0.5, 0.6) is 0 Å². The van der Waals surface area contributed by atoms with Gasteiger partial charge in [-0.3, -0.25) is 0 Å². The van der Waals surface area contributed by atoms with E-state index in [9.17, 15) is 0 Å². The van der Waals surface area contributed by atoms with Crippen LogP contribution >= 0.6 is 0 Å². The van der Waals surface area contributed by atoms with Crippen molar-refractivity contribution in [3.63, 3.8) is 0 Å². The highest BCUT2D eigenvalue weighted by Crippen LogP contribution is 2.20. The van der Waals surface area contributed by atoms with Crippen LogP contribution in [0.15, 0.2) is 0 Å². The Labute approximate surface area is 224 Å². The maximum atomic E-state index is 6.25. The Morgan fingerprint density at radius 1 is 0.314 bits per heavy atom. The highest BCUT2D eigenvalue weighted by molar-refractivity contribution is 4.55. The first-order chi connectivity index (χ1) is 17.2. The van der Waals surface area contributed by atoms with Gasteiger partial charge in [0.05, 0.1) is 26.2 Å². The van der Waals surface area contributed by atoms with Crippen molar-refractivity contribution in [2.24, 2.45) is 0 Å². The van der Waals surface area contributed by atoms with Gasteiger partial charge in [0.25, 0.3) is 0 Å². The average molecular weight is 493 g/mol. The van der Waals surface area contributed by atoms with Gasteiger partial charge in [-0.2, -0.15) is 0 Å². The van der Waals surface area contributed by atoms with E-state index in [2.05, 4.69) is 27.7 Å². The third kappa shape index (κ3) is 26.3. The summed E-state index contributed by atoms with van der Waals surface area (Å²) in [6, 6.07) is 0. The Morgan fingerprint density at radius 2 is 0.486 bits per heavy atom. The molecule has 0 aliphatic heterocycles. The molecule has 0 rings (SSSR count). The van der Waals surface area contributed by atoms with Crippen LogP contribution in [0, 0.1) is 11.8 Å². The molecule has 0 unspecified atom stereocenters. The zero-order valence-corrected chi connectivity index (χ0v) is 25.2. The second kappa shape index (κ2) is 31.5. The van der Waals surface area contributed by atoms with Gasteiger partial charge in [0.2, 0.25) is 0 Å². The SMILES string of the molecule is CCCCCCCC[N+](CCCCCCCC)(CCCCCCCC)CCCCCCCC.[C-]#N. The number of unbranched alkanes of at least 4 members (excludes halogenated alkanes) is 20. The first kappa shape index (κ1) is 36.6. The lowest BCUT2D eigenvalue weighted by Crippen LogP contribution is -2.50. The first-order valence-electron chi connectivity index (χ1n) is 16.3. The molecular formula is C33H68N2. The largest absolute Gasteiger partial charge is 0.512 e. The van der Waals surface area contributed by atoms with Crippen molar-refractivity contribution in [1.29, 1.82) is 5.26 Å². The summed E-state index contributed by atoms with van der Waals surface area (Å²) in [4.78, 5) is 0. The molecule has 0 aromatic carbocycles. The molecule has 0 aliphatic rings. The Morgan fingerprint density at radius 3 is 0.686 bits per heavy atom. The molecule has 0 heterocycles. The summed E-state index contributed by atoms with van der Waals surface area (Å²) >= 11 is 0. The van der Waals surface area contributed by atoms with E-state index in [1.165, 1.54) is 185 Å². The molecule has 0 atom stereocenters. The van der Waals surface area contributed by atoms with Gasteiger partial charge in [-0.15, -0.1) is 0 Å². The molecule has 0 aromatic rings. The van der Waals surface area contributed by atoms with Crippen molar-refractivity contribution >= 4 is 0 Å². The lowest BCUT2D eigenvalue weighted by atomic mass is 10.0. The normalized spacial score (nSPS) is 11.4. The van der Waals surface area contributed by atoms with Crippen LogP contribution in [0.4, 0.5) is 0 Å². The van der Waals surface area contributed by atoms with Crippen molar-refractivity contribution in [3.05, 3.63) is 6.57 Å². The first-order valence-corrected chi connectivity index (χ1v) is 16.3. The molecule has 0 radical (unpaired) electrons. The monoisotopic (exact) mass is 493 g/mol. The van der Waals surface area contributed by atoms with Gasteiger partial charge in [-0.1, -0.05) is 130 Å². The Hall–Kier alpha value is -0.550. The van der Waals surface area contributed by atoms with Crippen LogP contribution in [0.2, 0.25) is 0 Å². The van der Waals surface area contributed by atoms with Crippen molar-refractivity contribution in [1.82, 2.24) is 0 Å². The van der Waals surface area contributed by atoms with E-state index in [0.29, 0.717) is 0 Å². The predicted octanol–water partition coefficient (Wildman–Crippen LogP) is 11.3. The molecular weight excluding hydrogens is 424 g/mol. The standard InChI is InChI=1S/C32H68N.CN/c1-5-9-13-17-21-25-29-33(30-26-22-18-14-10-6-2,31-27-23-19-15-11-7-3)32-28-24-20-16-12-8-4;1-2/h5-32H2,1-4H3;/q+1;-1. The number of hydrogen-bond donors (Lipinski definition) is 0. The minimum absolute atomic E-state index is 1.37. The van der Waals surface area contributed by atoms with Crippen LogP contribution in [0.3, 0.4) is 0 Å². The maximum absolute atomic E-state index is 6.25. The smallest absolute Gasteiger partial charge is 0.0786 e. The second-order valence-corrected chi connectivity index (χ2v) is 11.3. The Bertz CT molecular complexity index is 320. The fourth-order valence-electron chi connectivity index (χ4n) is 5.58. The lowest BCUT2D eigenvalue weighted by molar-refractivity contribution is -0.929. The van der Waals surface area contributed by atoms with Crippen molar-refractivity contribution < 1.29 is 4.48 Å². The molecule has 0 amide bonds. The molecule has 0 fully saturated rings. The van der Waals surface area contributed by atoms with E-state index < -0.39 is 0 Å². The van der Waals surface area contributed by atoms with Crippen LogP contribution in [-0.4, -0.2) is 30.7 Å². The van der Waals surface area contributed by atoms with E-state index >= 15 is 0 Å². The van der Waals surface area contributed by atoms with E-state index in [1.54, 1.807) is 0 Å². The molecule has 0 spiro atoms. The van der Waals surface area contributed by atoms with Crippen LogP contribution < -0.4 is 0 Å². The minimum atomic E-state index is 1.37. The molecule has 0 saturated carbocycles. The van der Waals surface area contributed by atoms with Crippen LogP contribution in [-0.2, 0) is 0 Å². The van der Waals surface area contributed by atoms with E-state index in [0.717, 1.165) is 0 Å². The van der Waals surface area contributed by atoms with E-state index in [4.69, 9.17) is 11.8 Å². The summed E-state index contributed by atoms with van der Waals surface area (Å²) in [6.45, 7) is 20.0. The Balaban J connectivity index is 0. The third-order valence-corrected chi connectivity index (χ3v) is 7.94. The van der Waals surface area contributed by atoms with Gasteiger partial charge in [-0.05, 0) is 51.4 Å². The molecule has 0 bridgehead atoms. The van der Waals surface area contributed by atoms with Gasteiger partial charge in [0, 0.05) is 0 Å². The van der Waals surface area contributed by atoms with Gasteiger partial charge in [-0.25, -0.2) is 0 Å². The number of nitrogens with zero attached hydrogens (tertiary/aromatic N) is 2. The van der Waals surface area contributed by atoms with Crippen molar-refractivity contribution in [2.45, 2.75) is 182 Å². The van der Waals surface area contributed by atoms with Crippen molar-refractivity contribution in [3.8, 4) is 0 Å². The van der Waals surface area contributed by atoms with Gasteiger partial charge in [0.15, 0.2) is 0 Å². The molecule has 0 aliphatic carbocycles. The number of quaternary nitrogens is 1. The Kier molecular flexibility index (Phi) is 32.9. The molecule has 2 nitrogen and oxygen atoms in total. The quantitative estimate of drug-likeness (QED) is 0.0605. The summed E-state index contributed by atoms with van der Waals surface area (Å²) in [5.74, 6) is 0. The minimum Gasteiger partial charge on any atom is -0.512 e. The maximum Gasteiger partial charge on any atom is 0.0786 e. The van der Waals surface area contributed by atoms with Gasteiger partial charge < -0.3 is 16.3 Å². The van der Waals surface area contributed by atoms with Gasteiger partial charge >= 0.3 is 0 Å². The summed E-state index contributed by atoms with van der Waals surface area (Å²) in [7, 11) is 0. The molecule has 210 valence electrons. The molecule has 0 aromatic heterocycles. The second-order valence-electron chi connectivity index (χ2n) is 11.3. The average Bonchev–Trinajstić information content (AvgIpc) is 2.88.